The first-order valence-corrected chi connectivity index (χ1v) is 11.7. The van der Waals surface area contributed by atoms with Gasteiger partial charge >= 0.3 is 0 Å². The van der Waals surface area contributed by atoms with Crippen LogP contribution < -0.4 is 4.80 Å². The van der Waals surface area contributed by atoms with Crippen LogP contribution in [0.3, 0.4) is 0 Å². The van der Waals surface area contributed by atoms with Gasteiger partial charge in [-0.2, -0.15) is 0 Å². The Hall–Kier alpha value is -2.77. The van der Waals surface area contributed by atoms with Crippen molar-refractivity contribution in [2.24, 2.45) is 4.99 Å². The van der Waals surface area contributed by atoms with Crippen molar-refractivity contribution in [3.63, 3.8) is 0 Å². The number of hydrogen-bond donors (Lipinski definition) is 0. The average molecular weight is 438 g/mol. The molecule has 1 atom stereocenters. The van der Waals surface area contributed by atoms with Crippen LogP contribution in [0, 0.1) is 10.1 Å². The molecule has 2 aromatic carbocycles. The molecule has 0 N–H and O–H groups in total. The largest absolute Gasteiger partial charge is 0.376 e. The number of nitro benzene ring substituents is 1. The molecule has 1 aromatic heterocycles. The van der Waals surface area contributed by atoms with Gasteiger partial charge < -0.3 is 9.30 Å². The first-order valence-electron chi connectivity index (χ1n) is 10.8. The van der Waals surface area contributed by atoms with E-state index in [1.165, 1.54) is 17.2 Å². The van der Waals surface area contributed by atoms with Gasteiger partial charge in [0.25, 0.3) is 5.69 Å². The summed E-state index contributed by atoms with van der Waals surface area (Å²) >= 11 is 1.57. The monoisotopic (exact) mass is 437 g/mol. The fraction of sp³-hybridized carbons (Fsp3) is 0.375. The molecular formula is C24H27N3O3S. The molecule has 0 radical (unpaired) electrons. The Balaban J connectivity index is 1.87. The molecule has 6 nitrogen and oxygen atoms in total. The number of aromatic nitrogens is 1. The zero-order chi connectivity index (χ0) is 21.8. The van der Waals surface area contributed by atoms with E-state index in [-0.39, 0.29) is 16.7 Å². The Labute approximate surface area is 186 Å². The number of hydrogen-bond acceptors (Lipinski definition) is 5. The molecule has 1 saturated heterocycles. The Morgan fingerprint density at radius 3 is 2.58 bits per heavy atom. The van der Waals surface area contributed by atoms with Crippen molar-refractivity contribution in [3.8, 4) is 11.3 Å². The summed E-state index contributed by atoms with van der Waals surface area (Å²) in [7, 11) is 0. The van der Waals surface area contributed by atoms with E-state index in [2.05, 4.69) is 36.6 Å². The lowest BCUT2D eigenvalue weighted by atomic mass is 10.0. The zero-order valence-electron chi connectivity index (χ0n) is 17.9. The van der Waals surface area contributed by atoms with Crippen LogP contribution in [0.4, 0.5) is 11.4 Å². The van der Waals surface area contributed by atoms with Gasteiger partial charge in [-0.05, 0) is 36.8 Å². The Morgan fingerprint density at radius 2 is 1.94 bits per heavy atom. The van der Waals surface area contributed by atoms with E-state index in [0.29, 0.717) is 6.54 Å². The van der Waals surface area contributed by atoms with Gasteiger partial charge in [0.2, 0.25) is 0 Å². The summed E-state index contributed by atoms with van der Waals surface area (Å²) in [6, 6.07) is 13.2. The highest BCUT2D eigenvalue weighted by atomic mass is 32.1. The number of ether oxygens (including phenoxy) is 1. The molecule has 31 heavy (non-hydrogen) atoms. The molecule has 4 rings (SSSR count). The topological polar surface area (TPSA) is 69.7 Å². The van der Waals surface area contributed by atoms with Crippen LogP contribution in [-0.2, 0) is 24.1 Å². The zero-order valence-corrected chi connectivity index (χ0v) is 18.7. The minimum absolute atomic E-state index is 0.0930. The first kappa shape index (κ1) is 21.5. The van der Waals surface area contributed by atoms with Gasteiger partial charge in [-0.25, -0.2) is 4.99 Å². The number of non-ortho nitro benzene ring substituents is 1. The van der Waals surface area contributed by atoms with Gasteiger partial charge in [-0.1, -0.05) is 44.2 Å². The first-order chi connectivity index (χ1) is 15.1. The second-order valence-corrected chi connectivity index (χ2v) is 8.54. The molecular weight excluding hydrogens is 410 g/mol. The Kier molecular flexibility index (Phi) is 6.63. The quantitative estimate of drug-likeness (QED) is 0.354. The molecule has 0 saturated carbocycles. The van der Waals surface area contributed by atoms with E-state index in [4.69, 9.17) is 9.73 Å². The third-order valence-electron chi connectivity index (χ3n) is 5.73. The average Bonchev–Trinajstić information content (AvgIpc) is 3.44. The van der Waals surface area contributed by atoms with E-state index in [1.807, 2.05) is 11.4 Å². The van der Waals surface area contributed by atoms with E-state index in [1.54, 1.807) is 23.5 Å². The molecule has 7 heteroatoms. The summed E-state index contributed by atoms with van der Waals surface area (Å²) in [6.07, 6.45) is 4.05. The van der Waals surface area contributed by atoms with E-state index < -0.39 is 0 Å². The lowest BCUT2D eigenvalue weighted by Gasteiger charge is -2.15. The number of benzene rings is 2. The Bertz CT molecular complexity index is 1120. The van der Waals surface area contributed by atoms with Crippen LogP contribution in [-0.4, -0.2) is 22.2 Å². The number of rotatable bonds is 7. The second kappa shape index (κ2) is 9.58. The van der Waals surface area contributed by atoms with Crippen molar-refractivity contribution in [1.82, 2.24) is 4.57 Å². The molecule has 1 unspecified atom stereocenters. The van der Waals surface area contributed by atoms with Gasteiger partial charge in [0.05, 0.1) is 29.0 Å². The summed E-state index contributed by atoms with van der Waals surface area (Å²) < 4.78 is 8.08. The predicted molar refractivity (Wildman–Crippen MR) is 124 cm³/mol. The molecule has 1 fully saturated rings. The molecule has 3 aromatic rings. The normalized spacial score (nSPS) is 16.7. The predicted octanol–water partition coefficient (Wildman–Crippen LogP) is 5.66. The molecule has 1 aliphatic heterocycles. The molecule has 0 aliphatic carbocycles. The lowest BCUT2D eigenvalue weighted by molar-refractivity contribution is -0.384. The third-order valence-corrected chi connectivity index (χ3v) is 6.60. The van der Waals surface area contributed by atoms with Crippen molar-refractivity contribution in [2.45, 2.75) is 52.2 Å². The van der Waals surface area contributed by atoms with Crippen molar-refractivity contribution < 1.29 is 9.66 Å². The number of para-hydroxylation sites is 1. The van der Waals surface area contributed by atoms with Crippen LogP contribution in [0.25, 0.3) is 11.3 Å². The number of aryl methyl sites for hydroxylation is 2. The van der Waals surface area contributed by atoms with Crippen molar-refractivity contribution >= 4 is 22.7 Å². The van der Waals surface area contributed by atoms with Gasteiger partial charge in [-0.3, -0.25) is 10.1 Å². The maximum absolute atomic E-state index is 11.3. The SMILES string of the molecule is CCc1cccc(CC)c1N=c1scc(-c2cccc([N+](=O)[O-])c2)n1CC1CCCO1. The molecule has 0 spiro atoms. The van der Waals surface area contributed by atoms with Gasteiger partial charge in [0, 0.05) is 29.7 Å². The Morgan fingerprint density at radius 1 is 1.19 bits per heavy atom. The van der Waals surface area contributed by atoms with Crippen LogP contribution in [0.15, 0.2) is 52.8 Å². The highest BCUT2D eigenvalue weighted by Crippen LogP contribution is 2.28. The maximum atomic E-state index is 11.3. The second-order valence-electron chi connectivity index (χ2n) is 7.70. The van der Waals surface area contributed by atoms with Crippen LogP contribution in [0.2, 0.25) is 0 Å². The van der Waals surface area contributed by atoms with E-state index in [0.717, 1.165) is 54.0 Å². The highest BCUT2D eigenvalue weighted by molar-refractivity contribution is 7.07. The third kappa shape index (κ3) is 4.62. The van der Waals surface area contributed by atoms with Gasteiger partial charge in [-0.15, -0.1) is 11.3 Å². The maximum Gasteiger partial charge on any atom is 0.270 e. The van der Waals surface area contributed by atoms with Crippen molar-refractivity contribution in [1.29, 1.82) is 0 Å². The number of thiazole rings is 1. The molecule has 162 valence electrons. The summed E-state index contributed by atoms with van der Waals surface area (Å²) in [5.74, 6) is 0. The molecule has 1 aliphatic rings. The molecule has 0 amide bonds. The molecule has 2 heterocycles. The minimum atomic E-state index is -0.351. The fourth-order valence-corrected chi connectivity index (χ4v) is 4.98. The van der Waals surface area contributed by atoms with Gasteiger partial charge in [0.15, 0.2) is 4.80 Å². The van der Waals surface area contributed by atoms with E-state index >= 15 is 0 Å². The fourth-order valence-electron chi connectivity index (χ4n) is 4.05. The summed E-state index contributed by atoms with van der Waals surface area (Å²) in [6.45, 7) is 5.77. The molecule has 0 bridgehead atoms. The highest BCUT2D eigenvalue weighted by Gasteiger charge is 2.20. The van der Waals surface area contributed by atoms with E-state index in [9.17, 15) is 10.1 Å². The summed E-state index contributed by atoms with van der Waals surface area (Å²) in [5, 5.41) is 13.3. The van der Waals surface area contributed by atoms with Crippen molar-refractivity contribution in [3.05, 3.63) is 73.9 Å². The summed E-state index contributed by atoms with van der Waals surface area (Å²) in [4.78, 5) is 17.0. The smallest absolute Gasteiger partial charge is 0.270 e. The lowest BCUT2D eigenvalue weighted by Crippen LogP contribution is -2.24. The van der Waals surface area contributed by atoms with Crippen LogP contribution in [0.5, 0.6) is 0 Å². The van der Waals surface area contributed by atoms with Crippen LogP contribution in [0.1, 0.15) is 37.8 Å². The number of nitro groups is 1. The van der Waals surface area contributed by atoms with Crippen molar-refractivity contribution in [2.75, 3.05) is 6.61 Å². The minimum Gasteiger partial charge on any atom is -0.376 e. The standard InChI is InChI=1S/C24H27N3O3S/c1-3-17-8-5-9-18(4-2)23(17)25-24-26(15-21-12-7-13-30-21)22(16-31-24)19-10-6-11-20(14-19)27(28)29/h5-6,8-11,14,16,21H,3-4,7,12-13,15H2,1-2H3. The summed E-state index contributed by atoms with van der Waals surface area (Å²) in [5.41, 5.74) is 5.36. The number of nitrogens with zero attached hydrogens (tertiary/aromatic N) is 3. The van der Waals surface area contributed by atoms with Gasteiger partial charge in [0.1, 0.15) is 0 Å². The van der Waals surface area contributed by atoms with Crippen LogP contribution >= 0.6 is 11.3 Å².